The quantitative estimate of drug-likeness (QED) is 0.131. The van der Waals surface area contributed by atoms with Crippen LogP contribution < -0.4 is 21.7 Å². The maximum atomic E-state index is 13.4. The van der Waals surface area contributed by atoms with Crippen LogP contribution in [0.1, 0.15) is 37.9 Å². The van der Waals surface area contributed by atoms with E-state index in [1.807, 2.05) is 50.6 Å². The third-order valence-electron chi connectivity index (χ3n) is 6.63. The standard InChI is InChI=1S/C28H39N7O5S/c1-16(2)10-23(27(38)35-24(28(39)40)12-18-14-30-15-32-18)34-26(37)22(8-9-41-3)33-25(36)20(29)11-17-13-31-21-7-5-4-6-19(17)21/h4-7,13-16,20,22-24,31H,8-12,29H2,1-3H3,(H,30,32)(H,33,36)(H,34,37)(H,35,38)(H,39,40). The predicted octanol–water partition coefficient (Wildman–Crippen LogP) is 1.34. The van der Waals surface area contributed by atoms with Crippen molar-refractivity contribution >= 4 is 46.4 Å². The summed E-state index contributed by atoms with van der Waals surface area (Å²) < 4.78 is 0. The molecule has 2 aromatic heterocycles. The number of carboxylic acid groups (broad SMARTS) is 1. The summed E-state index contributed by atoms with van der Waals surface area (Å²) in [5.74, 6) is -2.24. The number of nitrogens with one attached hydrogen (secondary N) is 5. The van der Waals surface area contributed by atoms with Crippen molar-refractivity contribution in [3.63, 3.8) is 0 Å². The third kappa shape index (κ3) is 9.35. The summed E-state index contributed by atoms with van der Waals surface area (Å²) in [6.07, 6.45) is 7.50. The number of hydrogen-bond donors (Lipinski definition) is 7. The Bertz CT molecular complexity index is 1310. The molecule has 0 aliphatic heterocycles. The predicted molar refractivity (Wildman–Crippen MR) is 158 cm³/mol. The van der Waals surface area contributed by atoms with Gasteiger partial charge in [-0.25, -0.2) is 9.78 Å². The number of amides is 3. The molecule has 4 atom stereocenters. The Labute approximate surface area is 243 Å². The molecule has 0 aliphatic rings. The van der Waals surface area contributed by atoms with E-state index < -0.39 is 47.9 Å². The molecule has 8 N–H and O–H groups in total. The van der Waals surface area contributed by atoms with E-state index in [0.29, 0.717) is 17.9 Å². The monoisotopic (exact) mass is 585 g/mol. The number of hydrogen-bond acceptors (Lipinski definition) is 7. The van der Waals surface area contributed by atoms with Gasteiger partial charge in [0.1, 0.15) is 18.1 Å². The van der Waals surface area contributed by atoms with Crippen molar-refractivity contribution < 1.29 is 24.3 Å². The highest BCUT2D eigenvalue weighted by molar-refractivity contribution is 7.98. The number of nitrogens with zero attached hydrogens (tertiary/aromatic N) is 1. The van der Waals surface area contributed by atoms with Gasteiger partial charge in [-0.3, -0.25) is 14.4 Å². The molecule has 0 bridgehead atoms. The summed E-state index contributed by atoms with van der Waals surface area (Å²) in [4.78, 5) is 61.3. The van der Waals surface area contributed by atoms with Crippen LogP contribution in [-0.4, -0.2) is 79.9 Å². The molecule has 0 radical (unpaired) electrons. The van der Waals surface area contributed by atoms with Gasteiger partial charge in [0, 0.05) is 35.4 Å². The molecule has 3 amide bonds. The van der Waals surface area contributed by atoms with Crippen molar-refractivity contribution in [3.05, 3.63) is 54.2 Å². The van der Waals surface area contributed by atoms with E-state index in [1.54, 1.807) is 0 Å². The zero-order chi connectivity index (χ0) is 29.9. The van der Waals surface area contributed by atoms with Crippen molar-refractivity contribution in [2.45, 2.75) is 63.7 Å². The van der Waals surface area contributed by atoms with Crippen LogP contribution in [0.2, 0.25) is 0 Å². The van der Waals surface area contributed by atoms with Gasteiger partial charge in [0.15, 0.2) is 0 Å². The molecule has 0 spiro atoms. The first kappa shape index (κ1) is 31.7. The van der Waals surface area contributed by atoms with Gasteiger partial charge in [0.25, 0.3) is 0 Å². The van der Waals surface area contributed by atoms with Crippen molar-refractivity contribution in [1.29, 1.82) is 0 Å². The SMILES string of the molecule is CSCCC(NC(=O)C(N)Cc1c[nH]c2ccccc12)C(=O)NC(CC(C)C)C(=O)NC(Cc1cnc[nH]1)C(=O)O. The average molecular weight is 586 g/mol. The second-order valence-corrected chi connectivity index (χ2v) is 11.4. The first-order valence-corrected chi connectivity index (χ1v) is 14.9. The summed E-state index contributed by atoms with van der Waals surface area (Å²) in [7, 11) is 0. The Morgan fingerprint density at radius 3 is 2.32 bits per heavy atom. The minimum absolute atomic E-state index is 0.00411. The fourth-order valence-corrected chi connectivity index (χ4v) is 4.95. The minimum Gasteiger partial charge on any atom is -0.480 e. The lowest BCUT2D eigenvalue weighted by Gasteiger charge is -2.26. The number of aliphatic carboxylic acids is 1. The van der Waals surface area contributed by atoms with E-state index in [9.17, 15) is 24.3 Å². The second-order valence-electron chi connectivity index (χ2n) is 10.4. The highest BCUT2D eigenvalue weighted by Gasteiger charge is 2.31. The number of carboxylic acids is 1. The Morgan fingerprint density at radius 1 is 0.976 bits per heavy atom. The molecule has 13 heteroatoms. The van der Waals surface area contributed by atoms with Gasteiger partial charge in [-0.15, -0.1) is 0 Å². The number of carbonyl (C=O) groups excluding carboxylic acids is 3. The largest absolute Gasteiger partial charge is 0.480 e. The Hall–Kier alpha value is -3.84. The molecular formula is C28H39N7O5S. The number of imidazole rings is 1. The molecule has 4 unspecified atom stereocenters. The second kappa shape index (κ2) is 15.2. The van der Waals surface area contributed by atoms with Gasteiger partial charge < -0.3 is 36.8 Å². The molecule has 3 aromatic rings. The number of aromatic nitrogens is 3. The summed E-state index contributed by atoms with van der Waals surface area (Å²) in [6, 6.07) is 3.67. The highest BCUT2D eigenvalue weighted by atomic mass is 32.2. The van der Waals surface area contributed by atoms with E-state index in [1.165, 1.54) is 24.3 Å². The minimum atomic E-state index is -1.22. The number of para-hydroxylation sites is 1. The van der Waals surface area contributed by atoms with Crippen LogP contribution in [0.3, 0.4) is 0 Å². The fourth-order valence-electron chi connectivity index (χ4n) is 4.48. The molecule has 2 heterocycles. The molecule has 0 aliphatic carbocycles. The van der Waals surface area contributed by atoms with Crippen LogP contribution in [0.5, 0.6) is 0 Å². The van der Waals surface area contributed by atoms with Crippen molar-refractivity contribution in [1.82, 2.24) is 30.9 Å². The molecule has 12 nitrogen and oxygen atoms in total. The lowest BCUT2D eigenvalue weighted by molar-refractivity contribution is -0.142. The van der Waals surface area contributed by atoms with E-state index in [2.05, 4.69) is 30.9 Å². The van der Waals surface area contributed by atoms with E-state index in [4.69, 9.17) is 5.73 Å². The summed E-state index contributed by atoms with van der Waals surface area (Å²) in [6.45, 7) is 3.78. The maximum Gasteiger partial charge on any atom is 0.326 e. The van der Waals surface area contributed by atoms with Gasteiger partial charge >= 0.3 is 5.97 Å². The number of benzene rings is 1. The van der Waals surface area contributed by atoms with E-state index >= 15 is 0 Å². The zero-order valence-electron chi connectivity index (χ0n) is 23.5. The third-order valence-corrected chi connectivity index (χ3v) is 7.27. The van der Waals surface area contributed by atoms with Gasteiger partial charge in [0.05, 0.1) is 12.4 Å². The van der Waals surface area contributed by atoms with Gasteiger partial charge in [-0.2, -0.15) is 11.8 Å². The van der Waals surface area contributed by atoms with Crippen LogP contribution in [0.25, 0.3) is 10.9 Å². The number of aromatic amines is 2. The van der Waals surface area contributed by atoms with Crippen molar-refractivity contribution in [2.24, 2.45) is 11.7 Å². The normalized spacial score (nSPS) is 14.3. The number of thioether (sulfide) groups is 1. The molecular weight excluding hydrogens is 546 g/mol. The lowest BCUT2D eigenvalue weighted by atomic mass is 10.0. The van der Waals surface area contributed by atoms with Gasteiger partial charge in [0.2, 0.25) is 17.7 Å². The number of fused-ring (bicyclic) bond motifs is 1. The van der Waals surface area contributed by atoms with Crippen LogP contribution in [0, 0.1) is 5.92 Å². The molecule has 0 saturated carbocycles. The topological polar surface area (TPSA) is 195 Å². The smallest absolute Gasteiger partial charge is 0.326 e. The van der Waals surface area contributed by atoms with Crippen molar-refractivity contribution in [2.75, 3.05) is 12.0 Å². The molecule has 0 fully saturated rings. The maximum absolute atomic E-state index is 13.4. The molecule has 0 saturated heterocycles. The number of nitrogens with two attached hydrogens (primary N) is 1. The van der Waals surface area contributed by atoms with Gasteiger partial charge in [-0.1, -0.05) is 32.0 Å². The summed E-state index contributed by atoms with van der Waals surface area (Å²) in [5.41, 5.74) is 8.62. The van der Waals surface area contributed by atoms with Crippen LogP contribution in [-0.2, 0) is 32.0 Å². The average Bonchev–Trinajstić information content (AvgIpc) is 3.59. The Kier molecular flexibility index (Phi) is 11.8. The number of carbonyl (C=O) groups is 4. The van der Waals surface area contributed by atoms with Crippen molar-refractivity contribution in [3.8, 4) is 0 Å². The van der Waals surface area contributed by atoms with Crippen LogP contribution in [0.4, 0.5) is 0 Å². The van der Waals surface area contributed by atoms with E-state index in [0.717, 1.165) is 16.5 Å². The fraction of sp³-hybridized carbons (Fsp3) is 0.464. The molecule has 1 aromatic carbocycles. The molecule has 222 valence electrons. The highest BCUT2D eigenvalue weighted by Crippen LogP contribution is 2.19. The summed E-state index contributed by atoms with van der Waals surface area (Å²) >= 11 is 1.52. The number of H-pyrrole nitrogens is 2. The Morgan fingerprint density at radius 2 is 1.66 bits per heavy atom. The van der Waals surface area contributed by atoms with Crippen LogP contribution in [0.15, 0.2) is 43.0 Å². The lowest BCUT2D eigenvalue weighted by Crippen LogP contribution is -2.57. The zero-order valence-corrected chi connectivity index (χ0v) is 24.3. The Balaban J connectivity index is 1.68. The number of rotatable bonds is 16. The molecule has 3 rings (SSSR count). The van der Waals surface area contributed by atoms with Crippen LogP contribution >= 0.6 is 11.8 Å². The molecule has 41 heavy (non-hydrogen) atoms. The summed E-state index contributed by atoms with van der Waals surface area (Å²) in [5, 5.41) is 18.7. The first-order chi connectivity index (χ1) is 19.6. The van der Waals surface area contributed by atoms with Gasteiger partial charge in [-0.05, 0) is 48.8 Å². The van der Waals surface area contributed by atoms with E-state index in [-0.39, 0.29) is 25.2 Å². The first-order valence-electron chi connectivity index (χ1n) is 13.5.